The van der Waals surface area contributed by atoms with Crippen LogP contribution in [0.15, 0.2) is 36.8 Å². The van der Waals surface area contributed by atoms with Crippen LogP contribution in [0.4, 0.5) is 23.5 Å². The molecule has 4 aromatic rings. The second kappa shape index (κ2) is 7.65. The topological polar surface area (TPSA) is 90.6 Å². The molecule has 0 spiro atoms. The molecule has 0 atom stereocenters. The van der Waals surface area contributed by atoms with Gasteiger partial charge in [-0.15, -0.1) is 0 Å². The number of benzene rings is 1. The van der Waals surface area contributed by atoms with Gasteiger partial charge in [-0.2, -0.15) is 13.2 Å². The van der Waals surface area contributed by atoms with E-state index in [9.17, 15) is 22.4 Å². The van der Waals surface area contributed by atoms with Crippen LogP contribution < -0.4 is 10.1 Å². The summed E-state index contributed by atoms with van der Waals surface area (Å²) in [4.78, 5) is 24.8. The smallest absolute Gasteiger partial charge is 0.433 e. The van der Waals surface area contributed by atoms with Crippen LogP contribution in [0.25, 0.3) is 16.6 Å². The Morgan fingerprint density at radius 1 is 1.09 bits per heavy atom. The lowest BCUT2D eigenvalue weighted by molar-refractivity contribution is -0.141. The maximum absolute atomic E-state index is 14.5. The molecule has 6 rings (SSSR count). The number of nitrogens with one attached hydrogen (secondary N) is 1. The second-order valence-corrected chi connectivity index (χ2v) is 8.03. The van der Waals surface area contributed by atoms with E-state index in [4.69, 9.17) is 9.47 Å². The summed E-state index contributed by atoms with van der Waals surface area (Å²) in [6, 6.07) is 5.06. The van der Waals surface area contributed by atoms with Crippen LogP contribution in [0.1, 0.15) is 33.0 Å². The molecule has 0 bridgehead atoms. The van der Waals surface area contributed by atoms with Gasteiger partial charge >= 0.3 is 12.1 Å². The molecule has 2 aliphatic rings. The van der Waals surface area contributed by atoms with Crippen molar-refractivity contribution in [2.75, 3.05) is 11.9 Å². The number of alkyl halides is 3. The van der Waals surface area contributed by atoms with Crippen molar-refractivity contribution < 1.29 is 31.8 Å². The summed E-state index contributed by atoms with van der Waals surface area (Å²) < 4.78 is 66.2. The molecule has 35 heavy (non-hydrogen) atoms. The highest BCUT2D eigenvalue weighted by Crippen LogP contribution is 2.36. The molecule has 1 aromatic carbocycles. The predicted molar refractivity (Wildman–Crippen MR) is 113 cm³/mol. The molecule has 0 fully saturated rings. The van der Waals surface area contributed by atoms with Crippen molar-refractivity contribution in [1.82, 2.24) is 19.4 Å². The third-order valence-electron chi connectivity index (χ3n) is 6.02. The molecule has 5 heterocycles. The van der Waals surface area contributed by atoms with E-state index in [-0.39, 0.29) is 35.2 Å². The molecule has 0 unspecified atom stereocenters. The number of carbonyl (C=O) groups excluding carboxylic acids is 1. The number of halogens is 4. The standard InChI is InChI=1S/C23H15F4N5O3/c24-15-2-3-17-12(5-6-34-17)13(15)7-28-22-29-8-14-11-1-4-18(23(25,26)27)31-16(11)9-35-21(33)19-20(14)32(22)10-30-19/h1-4,8,10H,5-7,9H2,(H,28,29). The summed E-state index contributed by atoms with van der Waals surface area (Å²) in [6.45, 7) is 0.112. The summed E-state index contributed by atoms with van der Waals surface area (Å²) in [5, 5.41) is 3.07. The number of carbonyl (C=O) groups is 1. The van der Waals surface area contributed by atoms with Crippen molar-refractivity contribution in [3.05, 3.63) is 70.8 Å². The predicted octanol–water partition coefficient (Wildman–Crippen LogP) is 4.17. The SMILES string of the molecule is O=C1OCc2nc(C(F)(F)F)ccc2-c2cnc(NCc3c(F)ccc4c3CCO4)n3cnc1c23. The molecule has 0 aliphatic carbocycles. The normalized spacial score (nSPS) is 14.6. The van der Waals surface area contributed by atoms with Gasteiger partial charge in [-0.25, -0.2) is 24.1 Å². The first-order chi connectivity index (χ1) is 16.8. The van der Waals surface area contributed by atoms with Gasteiger partial charge in [0.1, 0.15) is 30.2 Å². The van der Waals surface area contributed by atoms with Gasteiger partial charge in [-0.1, -0.05) is 6.07 Å². The Hall–Kier alpha value is -4.22. The van der Waals surface area contributed by atoms with Gasteiger partial charge in [-0.3, -0.25) is 4.40 Å². The number of anilines is 1. The molecule has 2 aliphatic heterocycles. The third kappa shape index (κ3) is 3.44. The van der Waals surface area contributed by atoms with Crippen LogP contribution in [0.2, 0.25) is 0 Å². The van der Waals surface area contributed by atoms with Crippen molar-refractivity contribution in [3.8, 4) is 16.9 Å². The summed E-state index contributed by atoms with van der Waals surface area (Å²) in [5.41, 5.74) is 1.05. The first kappa shape index (κ1) is 21.3. The van der Waals surface area contributed by atoms with Crippen LogP contribution >= 0.6 is 0 Å². The minimum absolute atomic E-state index is 0.0174. The molecule has 12 heteroatoms. The number of nitrogens with zero attached hydrogens (tertiary/aromatic N) is 4. The lowest BCUT2D eigenvalue weighted by atomic mass is 10.0. The van der Waals surface area contributed by atoms with Gasteiger partial charge in [0.15, 0.2) is 5.69 Å². The molecule has 0 radical (unpaired) electrons. The highest BCUT2D eigenvalue weighted by Gasteiger charge is 2.34. The van der Waals surface area contributed by atoms with Crippen molar-refractivity contribution >= 4 is 17.4 Å². The van der Waals surface area contributed by atoms with Gasteiger partial charge in [-0.05, 0) is 18.2 Å². The fraction of sp³-hybridized carbons (Fsp3) is 0.217. The van der Waals surface area contributed by atoms with Crippen molar-refractivity contribution in [1.29, 1.82) is 0 Å². The summed E-state index contributed by atoms with van der Waals surface area (Å²) in [5.74, 6) is -0.304. The van der Waals surface area contributed by atoms with Crippen molar-refractivity contribution in [2.24, 2.45) is 0 Å². The number of hydrogen-bond acceptors (Lipinski definition) is 7. The first-order valence-electron chi connectivity index (χ1n) is 10.6. The monoisotopic (exact) mass is 485 g/mol. The fourth-order valence-electron chi connectivity index (χ4n) is 4.38. The van der Waals surface area contributed by atoms with Crippen molar-refractivity contribution in [3.63, 3.8) is 0 Å². The molecule has 0 saturated carbocycles. The van der Waals surface area contributed by atoms with Crippen LogP contribution in [0, 0.1) is 5.82 Å². The number of pyridine rings is 1. The van der Waals surface area contributed by atoms with Gasteiger partial charge in [0.2, 0.25) is 5.95 Å². The van der Waals surface area contributed by atoms with Crippen LogP contribution in [0.5, 0.6) is 5.75 Å². The highest BCUT2D eigenvalue weighted by atomic mass is 19.4. The van der Waals surface area contributed by atoms with E-state index in [1.54, 1.807) is 6.07 Å². The minimum atomic E-state index is -4.65. The Morgan fingerprint density at radius 3 is 2.77 bits per heavy atom. The van der Waals surface area contributed by atoms with Gasteiger partial charge < -0.3 is 14.8 Å². The Labute approximate surface area is 194 Å². The Morgan fingerprint density at radius 2 is 1.94 bits per heavy atom. The maximum Gasteiger partial charge on any atom is 0.433 e. The van der Waals surface area contributed by atoms with Gasteiger partial charge in [0.05, 0.1) is 17.8 Å². The molecule has 1 N–H and O–H groups in total. The second-order valence-electron chi connectivity index (χ2n) is 8.03. The number of imidazole rings is 1. The van der Waals surface area contributed by atoms with E-state index in [1.165, 1.54) is 29.1 Å². The molecule has 0 amide bonds. The molecule has 8 nitrogen and oxygen atoms in total. The quantitative estimate of drug-likeness (QED) is 0.344. The summed E-state index contributed by atoms with van der Waals surface area (Å²) in [6.07, 6.45) is -1.30. The number of rotatable bonds is 3. The average Bonchev–Trinajstić information content (AvgIpc) is 3.48. The average molecular weight is 485 g/mol. The molecular formula is C23H15F4N5O3. The van der Waals surface area contributed by atoms with E-state index in [2.05, 4.69) is 20.3 Å². The molecule has 0 saturated heterocycles. The maximum atomic E-state index is 14.5. The zero-order valence-electron chi connectivity index (χ0n) is 17.8. The number of cyclic esters (lactones) is 1. The van der Waals surface area contributed by atoms with Crippen LogP contribution in [0.3, 0.4) is 0 Å². The van der Waals surface area contributed by atoms with E-state index < -0.39 is 24.4 Å². The van der Waals surface area contributed by atoms with Crippen LogP contribution in [-0.4, -0.2) is 31.9 Å². The third-order valence-corrected chi connectivity index (χ3v) is 6.02. The fourth-order valence-corrected chi connectivity index (χ4v) is 4.38. The zero-order valence-corrected chi connectivity index (χ0v) is 17.8. The number of aromatic nitrogens is 4. The molecule has 3 aromatic heterocycles. The number of hydrogen-bond donors (Lipinski definition) is 1. The van der Waals surface area contributed by atoms with Crippen molar-refractivity contribution in [2.45, 2.75) is 25.7 Å². The molecule has 178 valence electrons. The Kier molecular flexibility index (Phi) is 4.66. The van der Waals surface area contributed by atoms with E-state index in [0.29, 0.717) is 35.5 Å². The zero-order chi connectivity index (χ0) is 24.3. The van der Waals surface area contributed by atoms with E-state index in [0.717, 1.165) is 11.6 Å². The highest BCUT2D eigenvalue weighted by molar-refractivity contribution is 6.01. The lowest BCUT2D eigenvalue weighted by Gasteiger charge is -2.18. The molecular weight excluding hydrogens is 470 g/mol. The lowest BCUT2D eigenvalue weighted by Crippen LogP contribution is -2.15. The van der Waals surface area contributed by atoms with Gasteiger partial charge in [0, 0.05) is 41.4 Å². The summed E-state index contributed by atoms with van der Waals surface area (Å²) in [7, 11) is 0. The van der Waals surface area contributed by atoms with E-state index >= 15 is 0 Å². The first-order valence-corrected chi connectivity index (χ1v) is 10.6. The Bertz CT molecular complexity index is 1520. The van der Waals surface area contributed by atoms with E-state index in [1.807, 2.05) is 0 Å². The van der Waals surface area contributed by atoms with Crippen LogP contribution in [-0.2, 0) is 30.5 Å². The largest absolute Gasteiger partial charge is 0.493 e. The number of fused-ring (bicyclic) bond motifs is 3. The minimum Gasteiger partial charge on any atom is -0.493 e. The van der Waals surface area contributed by atoms with Gasteiger partial charge in [0.25, 0.3) is 0 Å². The Balaban J connectivity index is 1.44. The summed E-state index contributed by atoms with van der Waals surface area (Å²) >= 11 is 0. The number of ether oxygens (including phenoxy) is 2. The number of esters is 1.